The molecule has 7 aromatic carbocycles. The first-order valence-corrected chi connectivity index (χ1v) is 15.1. The van der Waals surface area contributed by atoms with E-state index in [-0.39, 0.29) is 0 Å². The van der Waals surface area contributed by atoms with Gasteiger partial charge in [0, 0.05) is 27.4 Å². The minimum Gasteiger partial charge on any atom is -0.309 e. The zero-order valence-electron chi connectivity index (χ0n) is 22.7. The van der Waals surface area contributed by atoms with Gasteiger partial charge in [0.25, 0.3) is 0 Å². The molecule has 9 rings (SSSR count). The predicted molar refractivity (Wildman–Crippen MR) is 180 cm³/mol. The van der Waals surface area contributed by atoms with Crippen molar-refractivity contribution in [1.82, 2.24) is 9.55 Å². The summed E-state index contributed by atoms with van der Waals surface area (Å²) in [6.07, 6.45) is 0. The Hall–Kier alpha value is -5.25. The minimum absolute atomic E-state index is 1.04. The molecule has 0 N–H and O–H groups in total. The summed E-state index contributed by atoms with van der Waals surface area (Å²) in [5.74, 6) is 0. The summed E-state index contributed by atoms with van der Waals surface area (Å²) in [6.45, 7) is 0. The average molecular weight is 553 g/mol. The summed E-state index contributed by atoms with van der Waals surface area (Å²) in [7, 11) is 0. The van der Waals surface area contributed by atoms with E-state index in [0.717, 1.165) is 21.8 Å². The van der Waals surface area contributed by atoms with Crippen LogP contribution in [0.15, 0.2) is 146 Å². The zero-order valence-corrected chi connectivity index (χ0v) is 23.5. The van der Waals surface area contributed by atoms with Gasteiger partial charge in [-0.25, -0.2) is 4.98 Å². The molecular formula is C39H24N2S. The van der Waals surface area contributed by atoms with Crippen molar-refractivity contribution >= 4 is 64.9 Å². The molecule has 0 bridgehead atoms. The highest BCUT2D eigenvalue weighted by molar-refractivity contribution is 7.22. The van der Waals surface area contributed by atoms with Gasteiger partial charge in [0.15, 0.2) is 0 Å². The van der Waals surface area contributed by atoms with Crippen LogP contribution in [-0.4, -0.2) is 9.55 Å². The summed E-state index contributed by atoms with van der Waals surface area (Å²) in [5, 5.41) is 8.71. The number of hydrogen-bond acceptors (Lipinski definition) is 2. The molecular weight excluding hydrogens is 529 g/mol. The lowest BCUT2D eigenvalue weighted by molar-refractivity contribution is 1.19. The van der Waals surface area contributed by atoms with E-state index >= 15 is 0 Å². The van der Waals surface area contributed by atoms with Crippen molar-refractivity contribution in [3.05, 3.63) is 146 Å². The molecule has 0 aliphatic rings. The molecule has 0 amide bonds. The standard InChI is InChI=1S/C39H24N2S/c1-3-11-25(12-4-1)26-19-21-28(22-20-26)41-34-24-23-33-38(42-39(40-33)27-13-5-2-6-14-27)36(34)35-31-17-9-7-15-29(31)30-16-8-10-18-32(30)37(35)41/h1-24H. The summed E-state index contributed by atoms with van der Waals surface area (Å²) in [6, 6.07) is 52.3. The normalized spacial score (nSPS) is 11.8. The second-order valence-electron chi connectivity index (χ2n) is 10.8. The van der Waals surface area contributed by atoms with Crippen molar-refractivity contribution < 1.29 is 0 Å². The highest BCUT2D eigenvalue weighted by Gasteiger charge is 2.22. The molecule has 0 saturated heterocycles. The van der Waals surface area contributed by atoms with Crippen molar-refractivity contribution in [2.24, 2.45) is 0 Å². The first kappa shape index (κ1) is 23.5. The van der Waals surface area contributed by atoms with Gasteiger partial charge in [-0.15, -0.1) is 11.3 Å². The first-order chi connectivity index (χ1) is 20.8. The molecule has 0 atom stereocenters. The van der Waals surface area contributed by atoms with Crippen LogP contribution in [0.2, 0.25) is 0 Å². The molecule has 0 unspecified atom stereocenters. The monoisotopic (exact) mass is 552 g/mol. The smallest absolute Gasteiger partial charge is 0.124 e. The quantitative estimate of drug-likeness (QED) is 0.199. The second kappa shape index (κ2) is 9.13. The Kier molecular flexibility index (Phi) is 5.10. The Bertz CT molecular complexity index is 2430. The van der Waals surface area contributed by atoms with Gasteiger partial charge in [-0.2, -0.15) is 0 Å². The van der Waals surface area contributed by atoms with Crippen molar-refractivity contribution in [3.8, 4) is 27.4 Å². The SMILES string of the molecule is c1ccc(-c2ccc(-n3c4ccc5nc(-c6ccccc6)sc5c4c4c5ccccc5c5ccccc5c43)cc2)cc1. The van der Waals surface area contributed by atoms with E-state index in [1.807, 2.05) is 0 Å². The average Bonchev–Trinajstić information content (AvgIpc) is 3.66. The van der Waals surface area contributed by atoms with E-state index in [1.54, 1.807) is 11.3 Å². The van der Waals surface area contributed by atoms with Gasteiger partial charge < -0.3 is 4.57 Å². The maximum Gasteiger partial charge on any atom is 0.124 e. The lowest BCUT2D eigenvalue weighted by Crippen LogP contribution is -1.95. The van der Waals surface area contributed by atoms with Gasteiger partial charge in [0.1, 0.15) is 5.01 Å². The fourth-order valence-electron chi connectivity index (χ4n) is 6.54. The number of hydrogen-bond donors (Lipinski definition) is 0. The maximum atomic E-state index is 5.12. The fourth-order valence-corrected chi connectivity index (χ4v) is 7.66. The van der Waals surface area contributed by atoms with Crippen LogP contribution in [0, 0.1) is 0 Å². The molecule has 0 spiro atoms. The molecule has 0 aliphatic carbocycles. The van der Waals surface area contributed by atoms with Crippen LogP contribution in [0.1, 0.15) is 0 Å². The van der Waals surface area contributed by atoms with Crippen LogP contribution in [0.5, 0.6) is 0 Å². The third-order valence-electron chi connectivity index (χ3n) is 8.41. The van der Waals surface area contributed by atoms with Gasteiger partial charge in [-0.1, -0.05) is 121 Å². The highest BCUT2D eigenvalue weighted by atomic mass is 32.1. The molecule has 2 heterocycles. The van der Waals surface area contributed by atoms with Crippen LogP contribution < -0.4 is 0 Å². The summed E-state index contributed by atoms with van der Waals surface area (Å²) in [5.41, 5.74) is 8.24. The summed E-state index contributed by atoms with van der Waals surface area (Å²) >= 11 is 1.79. The summed E-state index contributed by atoms with van der Waals surface area (Å²) < 4.78 is 3.70. The van der Waals surface area contributed by atoms with E-state index in [2.05, 4.69) is 150 Å². The number of fused-ring (bicyclic) bond motifs is 10. The Morgan fingerprint density at radius 1 is 0.452 bits per heavy atom. The second-order valence-corrected chi connectivity index (χ2v) is 11.8. The van der Waals surface area contributed by atoms with Crippen molar-refractivity contribution in [3.63, 3.8) is 0 Å². The van der Waals surface area contributed by atoms with Crippen molar-refractivity contribution in [1.29, 1.82) is 0 Å². The minimum atomic E-state index is 1.04. The number of rotatable bonds is 3. The molecule has 0 aliphatic heterocycles. The highest BCUT2D eigenvalue weighted by Crippen LogP contribution is 2.46. The Morgan fingerprint density at radius 3 is 1.74 bits per heavy atom. The Morgan fingerprint density at radius 2 is 1.02 bits per heavy atom. The van der Waals surface area contributed by atoms with Gasteiger partial charge in [0.05, 0.1) is 21.3 Å². The molecule has 0 saturated carbocycles. The van der Waals surface area contributed by atoms with Crippen LogP contribution in [0.25, 0.3) is 81.0 Å². The zero-order chi connectivity index (χ0) is 27.6. The van der Waals surface area contributed by atoms with Crippen molar-refractivity contribution in [2.75, 3.05) is 0 Å². The van der Waals surface area contributed by atoms with Crippen LogP contribution in [0.3, 0.4) is 0 Å². The molecule has 2 nitrogen and oxygen atoms in total. The van der Waals surface area contributed by atoms with Gasteiger partial charge >= 0.3 is 0 Å². The fraction of sp³-hybridized carbons (Fsp3) is 0. The maximum absolute atomic E-state index is 5.12. The summed E-state index contributed by atoms with van der Waals surface area (Å²) in [4.78, 5) is 5.12. The topological polar surface area (TPSA) is 17.8 Å². The Labute approximate surface area is 246 Å². The van der Waals surface area contributed by atoms with E-state index < -0.39 is 0 Å². The number of thiazole rings is 1. The molecule has 42 heavy (non-hydrogen) atoms. The largest absolute Gasteiger partial charge is 0.309 e. The van der Waals surface area contributed by atoms with Crippen molar-refractivity contribution in [2.45, 2.75) is 0 Å². The molecule has 196 valence electrons. The van der Waals surface area contributed by atoms with Crippen LogP contribution in [-0.2, 0) is 0 Å². The third kappa shape index (κ3) is 3.41. The predicted octanol–water partition coefficient (Wildman–Crippen LogP) is 11.0. The third-order valence-corrected chi connectivity index (χ3v) is 9.55. The molecule has 9 aromatic rings. The number of aromatic nitrogens is 2. The molecule has 3 heteroatoms. The van der Waals surface area contributed by atoms with Gasteiger partial charge in [0.2, 0.25) is 0 Å². The van der Waals surface area contributed by atoms with E-state index in [4.69, 9.17) is 4.98 Å². The van der Waals surface area contributed by atoms with Crippen LogP contribution >= 0.6 is 11.3 Å². The Balaban J connectivity index is 1.44. The lowest BCUT2D eigenvalue weighted by atomic mass is 9.96. The van der Waals surface area contributed by atoms with Gasteiger partial charge in [-0.3, -0.25) is 0 Å². The number of nitrogens with zero attached hydrogens (tertiary/aromatic N) is 2. The van der Waals surface area contributed by atoms with E-state index in [0.29, 0.717) is 0 Å². The first-order valence-electron chi connectivity index (χ1n) is 14.2. The lowest BCUT2D eigenvalue weighted by Gasteiger charge is -2.12. The molecule has 0 radical (unpaired) electrons. The van der Waals surface area contributed by atoms with Crippen LogP contribution in [0.4, 0.5) is 0 Å². The van der Waals surface area contributed by atoms with Gasteiger partial charge in [-0.05, 0) is 51.6 Å². The molecule has 2 aromatic heterocycles. The van der Waals surface area contributed by atoms with E-state index in [1.165, 1.54) is 59.2 Å². The van der Waals surface area contributed by atoms with E-state index in [9.17, 15) is 0 Å². The molecule has 0 fully saturated rings. The number of benzene rings is 7.